The number of hydrogen-bond donors (Lipinski definition) is 0. The second-order valence-corrected chi connectivity index (χ2v) is 5.37. The zero-order chi connectivity index (χ0) is 17.5. The molecule has 0 aromatic heterocycles. The quantitative estimate of drug-likeness (QED) is 0.565. The molecule has 0 saturated heterocycles. The van der Waals surface area contributed by atoms with Crippen molar-refractivity contribution < 1.29 is 19.1 Å². The number of benzene rings is 2. The lowest BCUT2D eigenvalue weighted by atomic mass is 9.95. The lowest BCUT2D eigenvalue weighted by Crippen LogP contribution is -2.14. The number of carbonyl (C=O) groups excluding carboxylic acids is 2. The molecule has 0 N–H and O–H groups in total. The molecule has 0 spiro atoms. The fraction of sp³-hybridized carbons (Fsp3) is 0.300. The molecular weight excluding hydrogens is 304 g/mol. The highest BCUT2D eigenvalue weighted by atomic mass is 16.5. The molecular formula is C20H22O4. The number of Topliss-reactive ketones (excluding diaryl/α,β-unsaturated/α-hetero) is 1. The minimum Gasteiger partial charge on any atom is -0.488 e. The van der Waals surface area contributed by atoms with Gasteiger partial charge in [0.1, 0.15) is 17.9 Å². The summed E-state index contributed by atoms with van der Waals surface area (Å²) in [6.07, 6.45) is 0.547. The van der Waals surface area contributed by atoms with Crippen molar-refractivity contribution in [2.24, 2.45) is 0 Å². The minimum absolute atomic E-state index is 0.0768. The van der Waals surface area contributed by atoms with Gasteiger partial charge in [-0.25, -0.2) is 4.79 Å². The summed E-state index contributed by atoms with van der Waals surface area (Å²) in [5, 5.41) is 0. The molecule has 2 aromatic rings. The van der Waals surface area contributed by atoms with Crippen molar-refractivity contribution in [3.8, 4) is 5.75 Å². The van der Waals surface area contributed by atoms with Crippen LogP contribution in [0.4, 0.5) is 0 Å². The fourth-order valence-corrected chi connectivity index (χ4v) is 2.61. The summed E-state index contributed by atoms with van der Waals surface area (Å²) >= 11 is 0. The van der Waals surface area contributed by atoms with Crippen molar-refractivity contribution in [1.82, 2.24) is 0 Å². The Morgan fingerprint density at radius 3 is 2.29 bits per heavy atom. The Balaban J connectivity index is 2.42. The van der Waals surface area contributed by atoms with Gasteiger partial charge in [0.15, 0.2) is 5.78 Å². The molecule has 0 bridgehead atoms. The predicted octanol–water partition coefficient (Wildman–Crippen LogP) is 4.21. The van der Waals surface area contributed by atoms with Crippen LogP contribution in [0.3, 0.4) is 0 Å². The van der Waals surface area contributed by atoms with Crippen molar-refractivity contribution in [3.63, 3.8) is 0 Å². The Kier molecular flexibility index (Phi) is 6.13. The van der Waals surface area contributed by atoms with Crippen molar-refractivity contribution in [3.05, 3.63) is 64.7 Å². The first-order valence-electron chi connectivity index (χ1n) is 8.09. The third-order valence-electron chi connectivity index (χ3n) is 3.72. The van der Waals surface area contributed by atoms with Crippen LogP contribution in [-0.4, -0.2) is 18.4 Å². The molecule has 0 aliphatic heterocycles. The van der Waals surface area contributed by atoms with E-state index in [1.54, 1.807) is 19.1 Å². The van der Waals surface area contributed by atoms with E-state index in [1.807, 2.05) is 37.3 Å². The highest BCUT2D eigenvalue weighted by Crippen LogP contribution is 2.28. The van der Waals surface area contributed by atoms with Gasteiger partial charge in [0.25, 0.3) is 0 Å². The number of carbonyl (C=O) groups is 2. The van der Waals surface area contributed by atoms with Crippen LogP contribution in [-0.2, 0) is 17.8 Å². The molecule has 0 radical (unpaired) electrons. The Bertz CT molecular complexity index is 720. The molecule has 24 heavy (non-hydrogen) atoms. The molecule has 0 atom stereocenters. The second-order valence-electron chi connectivity index (χ2n) is 5.37. The molecule has 2 rings (SSSR count). The number of ether oxygens (including phenoxy) is 2. The van der Waals surface area contributed by atoms with Gasteiger partial charge in [-0.3, -0.25) is 4.79 Å². The largest absolute Gasteiger partial charge is 0.488 e. The Labute approximate surface area is 142 Å². The van der Waals surface area contributed by atoms with E-state index < -0.39 is 5.97 Å². The minimum atomic E-state index is -0.458. The summed E-state index contributed by atoms with van der Waals surface area (Å²) in [6, 6.07) is 13.1. The van der Waals surface area contributed by atoms with E-state index in [1.165, 1.54) is 6.92 Å². The molecule has 0 amide bonds. The van der Waals surface area contributed by atoms with Gasteiger partial charge >= 0.3 is 5.97 Å². The number of rotatable bonds is 7. The lowest BCUT2D eigenvalue weighted by molar-refractivity contribution is 0.0520. The monoisotopic (exact) mass is 326 g/mol. The van der Waals surface area contributed by atoms with Gasteiger partial charge in [-0.2, -0.15) is 0 Å². The van der Waals surface area contributed by atoms with Gasteiger partial charge in [0.2, 0.25) is 0 Å². The summed E-state index contributed by atoms with van der Waals surface area (Å²) in [4.78, 5) is 24.3. The molecule has 0 aliphatic rings. The van der Waals surface area contributed by atoms with Crippen molar-refractivity contribution in [2.75, 3.05) is 6.61 Å². The average molecular weight is 326 g/mol. The van der Waals surface area contributed by atoms with Crippen LogP contribution in [0.1, 0.15) is 52.6 Å². The summed E-state index contributed by atoms with van der Waals surface area (Å²) in [7, 11) is 0. The SMILES string of the molecule is CCOC(=O)c1c(OCc2ccccc2)ccc(C(C)=O)c1CC. The Hall–Kier alpha value is -2.62. The fourth-order valence-electron chi connectivity index (χ4n) is 2.61. The summed E-state index contributed by atoms with van der Waals surface area (Å²) in [6.45, 7) is 5.77. The Morgan fingerprint density at radius 1 is 1.00 bits per heavy atom. The van der Waals surface area contributed by atoms with Crippen LogP contribution >= 0.6 is 0 Å². The van der Waals surface area contributed by atoms with E-state index in [0.717, 1.165) is 5.56 Å². The van der Waals surface area contributed by atoms with E-state index >= 15 is 0 Å². The number of hydrogen-bond acceptors (Lipinski definition) is 4. The van der Waals surface area contributed by atoms with Gasteiger partial charge in [0, 0.05) is 5.56 Å². The highest BCUT2D eigenvalue weighted by molar-refractivity contribution is 6.02. The molecule has 0 fully saturated rings. The molecule has 0 aliphatic carbocycles. The maximum Gasteiger partial charge on any atom is 0.342 e. The first kappa shape index (κ1) is 17.7. The molecule has 126 valence electrons. The van der Waals surface area contributed by atoms with Gasteiger partial charge in [-0.1, -0.05) is 37.3 Å². The molecule has 2 aromatic carbocycles. The van der Waals surface area contributed by atoms with Gasteiger partial charge in [-0.15, -0.1) is 0 Å². The second kappa shape index (κ2) is 8.29. The first-order chi connectivity index (χ1) is 11.6. The van der Waals surface area contributed by atoms with E-state index in [9.17, 15) is 9.59 Å². The molecule has 4 nitrogen and oxygen atoms in total. The zero-order valence-electron chi connectivity index (χ0n) is 14.3. The van der Waals surface area contributed by atoms with E-state index in [-0.39, 0.29) is 12.4 Å². The van der Waals surface area contributed by atoms with Crippen LogP contribution in [0.5, 0.6) is 5.75 Å². The van der Waals surface area contributed by atoms with Gasteiger partial charge in [0.05, 0.1) is 6.61 Å². The molecule has 0 unspecified atom stereocenters. The summed E-state index contributed by atoms with van der Waals surface area (Å²) in [5.74, 6) is -0.0910. The zero-order valence-corrected chi connectivity index (χ0v) is 14.3. The van der Waals surface area contributed by atoms with Gasteiger partial charge in [-0.05, 0) is 43.5 Å². The average Bonchev–Trinajstić information content (AvgIpc) is 2.59. The van der Waals surface area contributed by atoms with Crippen LogP contribution in [0, 0.1) is 0 Å². The van der Waals surface area contributed by atoms with Crippen LogP contribution < -0.4 is 4.74 Å². The number of esters is 1. The lowest BCUT2D eigenvalue weighted by Gasteiger charge is -2.16. The maximum absolute atomic E-state index is 12.4. The van der Waals surface area contributed by atoms with Crippen molar-refractivity contribution in [2.45, 2.75) is 33.8 Å². The standard InChI is InChI=1S/C20H22O4/c1-4-16-17(14(3)21)11-12-18(19(16)20(22)23-5-2)24-13-15-9-7-6-8-10-15/h6-12H,4-5,13H2,1-3H3. The smallest absolute Gasteiger partial charge is 0.342 e. The Morgan fingerprint density at radius 2 is 1.71 bits per heavy atom. The van der Waals surface area contributed by atoms with Crippen LogP contribution in [0.25, 0.3) is 0 Å². The molecule has 0 heterocycles. The van der Waals surface area contributed by atoms with Crippen LogP contribution in [0.2, 0.25) is 0 Å². The molecule has 0 saturated carbocycles. The topological polar surface area (TPSA) is 52.6 Å². The first-order valence-corrected chi connectivity index (χ1v) is 8.09. The molecule has 4 heteroatoms. The van der Waals surface area contributed by atoms with Crippen molar-refractivity contribution in [1.29, 1.82) is 0 Å². The van der Waals surface area contributed by atoms with Crippen LogP contribution in [0.15, 0.2) is 42.5 Å². The van der Waals surface area contributed by atoms with E-state index in [4.69, 9.17) is 9.47 Å². The summed E-state index contributed by atoms with van der Waals surface area (Å²) in [5.41, 5.74) is 2.56. The normalized spacial score (nSPS) is 10.3. The van der Waals surface area contributed by atoms with Crippen molar-refractivity contribution >= 4 is 11.8 Å². The third-order valence-corrected chi connectivity index (χ3v) is 3.72. The number of ketones is 1. The van der Waals surface area contributed by atoms with E-state index in [2.05, 4.69) is 0 Å². The van der Waals surface area contributed by atoms with E-state index in [0.29, 0.717) is 35.5 Å². The third kappa shape index (κ3) is 4.02. The predicted molar refractivity (Wildman–Crippen MR) is 92.6 cm³/mol. The van der Waals surface area contributed by atoms with Gasteiger partial charge < -0.3 is 9.47 Å². The highest BCUT2D eigenvalue weighted by Gasteiger charge is 2.22. The maximum atomic E-state index is 12.4. The summed E-state index contributed by atoms with van der Waals surface area (Å²) < 4.78 is 11.0.